The first-order chi connectivity index (χ1) is 8.33. The summed E-state index contributed by atoms with van der Waals surface area (Å²) in [5, 5.41) is 1.92. The van der Waals surface area contributed by atoms with E-state index in [9.17, 15) is 4.79 Å². The van der Waals surface area contributed by atoms with Gasteiger partial charge in [-0.05, 0) is 22.9 Å². The zero-order chi connectivity index (χ0) is 12.1. The summed E-state index contributed by atoms with van der Waals surface area (Å²) in [4.78, 5) is 11.8. The lowest BCUT2D eigenvalue weighted by molar-refractivity contribution is 0.0552. The minimum atomic E-state index is -0.337. The van der Waals surface area contributed by atoms with E-state index in [1.54, 1.807) is 12.1 Å². The Balaban J connectivity index is 2.31. The summed E-state index contributed by atoms with van der Waals surface area (Å²) in [6.45, 7) is 0.186. The van der Waals surface area contributed by atoms with Crippen molar-refractivity contribution in [3.63, 3.8) is 0 Å². The van der Waals surface area contributed by atoms with Crippen molar-refractivity contribution in [2.45, 2.75) is 0 Å². The highest BCUT2D eigenvalue weighted by atomic mass is 35.5. The molecular formula is C14H11ClO2. The molecule has 0 bridgehead atoms. The van der Waals surface area contributed by atoms with Crippen LogP contribution in [0.25, 0.3) is 10.8 Å². The van der Waals surface area contributed by atoms with Gasteiger partial charge in [0.2, 0.25) is 0 Å². The molecule has 0 aliphatic carbocycles. The molecule has 2 aromatic rings. The van der Waals surface area contributed by atoms with Gasteiger partial charge >= 0.3 is 5.97 Å². The molecule has 86 valence electrons. The molecule has 0 aromatic heterocycles. The van der Waals surface area contributed by atoms with Crippen molar-refractivity contribution in [2.24, 2.45) is 0 Å². The molecule has 0 N–H and O–H groups in total. The Hall–Kier alpha value is -1.80. The molecule has 2 rings (SSSR count). The molecule has 3 heteroatoms. The van der Waals surface area contributed by atoms with Crippen LogP contribution in [-0.2, 0) is 4.74 Å². The number of rotatable bonds is 3. The van der Waals surface area contributed by atoms with Gasteiger partial charge in [-0.2, -0.15) is 0 Å². The first-order valence-electron chi connectivity index (χ1n) is 5.23. The molecule has 0 spiro atoms. The Labute approximate surface area is 104 Å². The summed E-state index contributed by atoms with van der Waals surface area (Å²) in [5.41, 5.74) is 1.90. The largest absolute Gasteiger partial charge is 0.458 e. The van der Waals surface area contributed by atoms with Gasteiger partial charge in [0.1, 0.15) is 6.61 Å². The molecule has 0 fully saturated rings. The van der Waals surface area contributed by atoms with Gasteiger partial charge < -0.3 is 4.74 Å². The summed E-state index contributed by atoms with van der Waals surface area (Å²) in [6, 6.07) is 13.3. The SMILES string of the molecule is O=C(OC/C=C/Cl)c1cccc2ccccc12. The van der Waals surface area contributed by atoms with Crippen molar-refractivity contribution in [3.05, 3.63) is 59.6 Å². The van der Waals surface area contributed by atoms with E-state index >= 15 is 0 Å². The molecule has 0 radical (unpaired) electrons. The van der Waals surface area contributed by atoms with Gasteiger partial charge in [0.15, 0.2) is 0 Å². The molecule has 2 nitrogen and oxygen atoms in total. The molecule has 0 aliphatic rings. The molecule has 2 aromatic carbocycles. The van der Waals surface area contributed by atoms with Crippen LogP contribution >= 0.6 is 11.6 Å². The minimum Gasteiger partial charge on any atom is -0.458 e. The van der Waals surface area contributed by atoms with Crippen LogP contribution in [0.2, 0.25) is 0 Å². The van der Waals surface area contributed by atoms with Crippen LogP contribution in [0.15, 0.2) is 54.1 Å². The third-order valence-electron chi connectivity index (χ3n) is 2.41. The lowest BCUT2D eigenvalue weighted by atomic mass is 10.1. The first kappa shape index (κ1) is 11.7. The minimum absolute atomic E-state index is 0.186. The Morgan fingerprint density at radius 1 is 1.18 bits per heavy atom. The Morgan fingerprint density at radius 2 is 1.94 bits per heavy atom. The third kappa shape index (κ3) is 2.66. The quantitative estimate of drug-likeness (QED) is 0.771. The second-order valence-corrected chi connectivity index (χ2v) is 3.74. The van der Waals surface area contributed by atoms with E-state index < -0.39 is 0 Å². The number of esters is 1. The van der Waals surface area contributed by atoms with E-state index in [2.05, 4.69) is 0 Å². The van der Waals surface area contributed by atoms with Gasteiger partial charge in [0.05, 0.1) is 5.56 Å². The summed E-state index contributed by atoms with van der Waals surface area (Å²) < 4.78 is 5.07. The van der Waals surface area contributed by atoms with Crippen LogP contribution < -0.4 is 0 Å². The Bertz CT molecular complexity index is 556. The van der Waals surface area contributed by atoms with Crippen LogP contribution in [0.3, 0.4) is 0 Å². The van der Waals surface area contributed by atoms with E-state index in [0.717, 1.165) is 10.8 Å². The lowest BCUT2D eigenvalue weighted by Gasteiger charge is -2.05. The van der Waals surface area contributed by atoms with Crippen LogP contribution in [0.5, 0.6) is 0 Å². The standard InChI is InChI=1S/C14H11ClO2/c15-9-4-10-17-14(16)13-8-3-6-11-5-1-2-7-12(11)13/h1-9H,10H2/b9-4+. The van der Waals surface area contributed by atoms with Crippen LogP contribution in [0.1, 0.15) is 10.4 Å². The average Bonchev–Trinajstić information content (AvgIpc) is 2.38. The van der Waals surface area contributed by atoms with Gasteiger partial charge in [-0.15, -0.1) is 0 Å². The second kappa shape index (κ2) is 5.51. The highest BCUT2D eigenvalue weighted by Crippen LogP contribution is 2.19. The highest BCUT2D eigenvalue weighted by Gasteiger charge is 2.09. The lowest BCUT2D eigenvalue weighted by Crippen LogP contribution is -2.05. The van der Waals surface area contributed by atoms with Crippen molar-refractivity contribution in [1.82, 2.24) is 0 Å². The number of carbonyl (C=O) groups is 1. The molecule has 0 unspecified atom stereocenters. The van der Waals surface area contributed by atoms with E-state index in [0.29, 0.717) is 5.56 Å². The molecule has 0 heterocycles. The molecule has 0 saturated carbocycles. The van der Waals surface area contributed by atoms with Crippen LogP contribution in [0.4, 0.5) is 0 Å². The van der Waals surface area contributed by atoms with Crippen molar-refractivity contribution in [1.29, 1.82) is 0 Å². The van der Waals surface area contributed by atoms with Gasteiger partial charge in [-0.1, -0.05) is 48.0 Å². The number of benzene rings is 2. The van der Waals surface area contributed by atoms with Crippen molar-refractivity contribution in [2.75, 3.05) is 6.61 Å². The van der Waals surface area contributed by atoms with Gasteiger partial charge in [0.25, 0.3) is 0 Å². The number of fused-ring (bicyclic) bond motifs is 1. The fourth-order valence-electron chi connectivity index (χ4n) is 1.64. The smallest absolute Gasteiger partial charge is 0.339 e. The molecule has 0 amide bonds. The fraction of sp³-hybridized carbons (Fsp3) is 0.0714. The van der Waals surface area contributed by atoms with Gasteiger partial charge in [-0.25, -0.2) is 4.79 Å². The number of halogens is 1. The predicted molar refractivity (Wildman–Crippen MR) is 69.2 cm³/mol. The zero-order valence-corrected chi connectivity index (χ0v) is 9.85. The zero-order valence-electron chi connectivity index (χ0n) is 9.10. The van der Waals surface area contributed by atoms with E-state index in [1.807, 2.05) is 36.4 Å². The average molecular weight is 247 g/mol. The van der Waals surface area contributed by atoms with Crippen molar-refractivity contribution >= 4 is 28.3 Å². The molecule has 0 aliphatic heterocycles. The van der Waals surface area contributed by atoms with Crippen LogP contribution in [-0.4, -0.2) is 12.6 Å². The summed E-state index contributed by atoms with van der Waals surface area (Å²) >= 11 is 5.35. The van der Waals surface area contributed by atoms with E-state index in [-0.39, 0.29) is 12.6 Å². The Kier molecular flexibility index (Phi) is 3.78. The number of hydrogen-bond donors (Lipinski definition) is 0. The number of ether oxygens (including phenoxy) is 1. The van der Waals surface area contributed by atoms with Gasteiger partial charge in [-0.3, -0.25) is 0 Å². The van der Waals surface area contributed by atoms with E-state index in [4.69, 9.17) is 16.3 Å². The number of hydrogen-bond acceptors (Lipinski definition) is 2. The summed E-state index contributed by atoms with van der Waals surface area (Å²) in [5.74, 6) is -0.337. The monoisotopic (exact) mass is 246 g/mol. The molecule has 0 atom stereocenters. The van der Waals surface area contributed by atoms with Crippen molar-refractivity contribution in [3.8, 4) is 0 Å². The first-order valence-corrected chi connectivity index (χ1v) is 5.66. The third-order valence-corrected chi connectivity index (χ3v) is 2.59. The predicted octanol–water partition coefficient (Wildman–Crippen LogP) is 3.75. The maximum atomic E-state index is 11.8. The number of carbonyl (C=O) groups excluding carboxylic acids is 1. The highest BCUT2D eigenvalue weighted by molar-refractivity contribution is 6.25. The Morgan fingerprint density at radius 3 is 2.76 bits per heavy atom. The topological polar surface area (TPSA) is 26.3 Å². The maximum absolute atomic E-state index is 11.8. The molecule has 17 heavy (non-hydrogen) atoms. The normalized spacial score (nSPS) is 10.9. The molecule has 0 saturated heterocycles. The summed E-state index contributed by atoms with van der Waals surface area (Å²) in [7, 11) is 0. The fourth-order valence-corrected chi connectivity index (χ4v) is 1.71. The second-order valence-electron chi connectivity index (χ2n) is 3.49. The van der Waals surface area contributed by atoms with E-state index in [1.165, 1.54) is 5.54 Å². The molecular weight excluding hydrogens is 236 g/mol. The van der Waals surface area contributed by atoms with Crippen molar-refractivity contribution < 1.29 is 9.53 Å². The maximum Gasteiger partial charge on any atom is 0.339 e. The van der Waals surface area contributed by atoms with Crippen LogP contribution in [0, 0.1) is 0 Å². The summed E-state index contributed by atoms with van der Waals surface area (Å²) in [6.07, 6.45) is 1.57. The van der Waals surface area contributed by atoms with Gasteiger partial charge in [0, 0.05) is 5.54 Å².